The first kappa shape index (κ1) is 14.5. The van der Waals surface area contributed by atoms with Gasteiger partial charge in [0.05, 0.1) is 6.10 Å². The second-order valence-electron chi connectivity index (χ2n) is 5.30. The van der Waals surface area contributed by atoms with E-state index in [1.165, 1.54) is 18.4 Å². The summed E-state index contributed by atoms with van der Waals surface area (Å²) < 4.78 is 5.73. The van der Waals surface area contributed by atoms with Gasteiger partial charge in [0, 0.05) is 19.7 Å². The molecule has 1 unspecified atom stereocenters. The monoisotopic (exact) mass is 263 g/mol. The van der Waals surface area contributed by atoms with Crippen LogP contribution < -0.4 is 5.46 Å². The Balaban J connectivity index is 1.82. The first-order valence-electron chi connectivity index (χ1n) is 6.90. The standard InChI is InChI=1S/C14H22BNO3/c1-16(11-14-4-2-3-9-19-14)10-12-5-7-13(8-6-12)15(17)18/h5-8,14,17-18H,2-4,9-11H2,1H3. The van der Waals surface area contributed by atoms with Crippen LogP contribution in [0.2, 0.25) is 0 Å². The fourth-order valence-corrected chi connectivity index (χ4v) is 2.47. The van der Waals surface area contributed by atoms with Gasteiger partial charge in [0.2, 0.25) is 0 Å². The highest BCUT2D eigenvalue weighted by atomic mass is 16.5. The van der Waals surface area contributed by atoms with E-state index in [0.29, 0.717) is 11.6 Å². The molecule has 4 nitrogen and oxygen atoms in total. The van der Waals surface area contributed by atoms with Gasteiger partial charge in [0.15, 0.2) is 0 Å². The van der Waals surface area contributed by atoms with Gasteiger partial charge < -0.3 is 14.8 Å². The lowest BCUT2D eigenvalue weighted by molar-refractivity contribution is -0.00259. The topological polar surface area (TPSA) is 52.9 Å². The van der Waals surface area contributed by atoms with E-state index in [2.05, 4.69) is 11.9 Å². The molecule has 2 N–H and O–H groups in total. The summed E-state index contributed by atoms with van der Waals surface area (Å²) in [6.07, 6.45) is 3.96. The van der Waals surface area contributed by atoms with Gasteiger partial charge >= 0.3 is 7.12 Å². The van der Waals surface area contributed by atoms with Crippen molar-refractivity contribution in [1.29, 1.82) is 0 Å². The zero-order chi connectivity index (χ0) is 13.7. The third-order valence-corrected chi connectivity index (χ3v) is 3.52. The molecule has 1 aromatic carbocycles. The fraction of sp³-hybridized carbons (Fsp3) is 0.571. The minimum atomic E-state index is -1.39. The highest BCUT2D eigenvalue weighted by Gasteiger charge is 2.16. The van der Waals surface area contributed by atoms with Gasteiger partial charge in [-0.25, -0.2) is 0 Å². The van der Waals surface area contributed by atoms with E-state index in [1.807, 2.05) is 12.1 Å². The predicted molar refractivity (Wildman–Crippen MR) is 76.2 cm³/mol. The number of hydrogen-bond acceptors (Lipinski definition) is 4. The van der Waals surface area contributed by atoms with Crippen molar-refractivity contribution in [3.05, 3.63) is 29.8 Å². The number of nitrogens with zero attached hydrogens (tertiary/aromatic N) is 1. The van der Waals surface area contributed by atoms with Crippen LogP contribution in [0, 0.1) is 0 Å². The molecule has 1 fully saturated rings. The smallest absolute Gasteiger partial charge is 0.423 e. The summed E-state index contributed by atoms with van der Waals surface area (Å²) in [5, 5.41) is 18.1. The molecule has 1 heterocycles. The fourth-order valence-electron chi connectivity index (χ4n) is 2.47. The second kappa shape index (κ2) is 7.05. The molecule has 1 atom stereocenters. The van der Waals surface area contributed by atoms with Crippen molar-refractivity contribution in [3.63, 3.8) is 0 Å². The zero-order valence-corrected chi connectivity index (χ0v) is 11.5. The van der Waals surface area contributed by atoms with Gasteiger partial charge in [-0.2, -0.15) is 0 Å². The minimum Gasteiger partial charge on any atom is -0.423 e. The average molecular weight is 263 g/mol. The Morgan fingerprint density at radius 3 is 2.58 bits per heavy atom. The number of ether oxygens (including phenoxy) is 1. The van der Waals surface area contributed by atoms with Gasteiger partial charge in [-0.15, -0.1) is 0 Å². The Hall–Kier alpha value is -0.875. The quantitative estimate of drug-likeness (QED) is 0.753. The van der Waals surface area contributed by atoms with E-state index in [-0.39, 0.29) is 0 Å². The molecule has 0 aliphatic carbocycles. The van der Waals surface area contributed by atoms with Gasteiger partial charge in [0.1, 0.15) is 0 Å². The summed E-state index contributed by atoms with van der Waals surface area (Å²) in [5.41, 5.74) is 1.70. The number of hydrogen-bond donors (Lipinski definition) is 2. The second-order valence-corrected chi connectivity index (χ2v) is 5.30. The largest absolute Gasteiger partial charge is 0.488 e. The Morgan fingerprint density at radius 2 is 2.00 bits per heavy atom. The van der Waals surface area contributed by atoms with Crippen molar-refractivity contribution in [1.82, 2.24) is 4.90 Å². The molecule has 5 heteroatoms. The highest BCUT2D eigenvalue weighted by molar-refractivity contribution is 6.58. The molecule has 1 aliphatic heterocycles. The van der Waals surface area contributed by atoms with E-state index >= 15 is 0 Å². The van der Waals surface area contributed by atoms with Crippen molar-refractivity contribution in [2.45, 2.75) is 31.9 Å². The molecular formula is C14H22BNO3. The molecule has 0 bridgehead atoms. The number of likely N-dealkylation sites (N-methyl/N-ethyl adjacent to an activating group) is 1. The normalized spacial score (nSPS) is 19.7. The first-order chi connectivity index (χ1) is 9.15. The Labute approximate surface area is 115 Å². The SMILES string of the molecule is CN(Cc1ccc(B(O)O)cc1)CC1CCCCO1. The van der Waals surface area contributed by atoms with Crippen LogP contribution in [-0.2, 0) is 11.3 Å². The maximum absolute atomic E-state index is 9.04. The minimum absolute atomic E-state index is 0.359. The molecule has 0 aromatic heterocycles. The van der Waals surface area contributed by atoms with E-state index in [0.717, 1.165) is 26.1 Å². The third-order valence-electron chi connectivity index (χ3n) is 3.52. The lowest BCUT2D eigenvalue weighted by atomic mass is 9.80. The Morgan fingerprint density at radius 1 is 1.26 bits per heavy atom. The maximum Gasteiger partial charge on any atom is 0.488 e. The third kappa shape index (κ3) is 4.62. The maximum atomic E-state index is 9.04. The molecule has 0 saturated carbocycles. The van der Waals surface area contributed by atoms with Crippen molar-refractivity contribution in [2.24, 2.45) is 0 Å². The van der Waals surface area contributed by atoms with Crippen LogP contribution in [-0.4, -0.2) is 48.4 Å². The van der Waals surface area contributed by atoms with E-state index in [4.69, 9.17) is 14.8 Å². The van der Waals surface area contributed by atoms with Gasteiger partial charge in [-0.05, 0) is 37.3 Å². The molecule has 1 saturated heterocycles. The summed E-state index contributed by atoms with van der Waals surface area (Å²) in [4.78, 5) is 2.25. The summed E-state index contributed by atoms with van der Waals surface area (Å²) in [6.45, 7) is 2.69. The van der Waals surface area contributed by atoms with Crippen LogP contribution in [0.1, 0.15) is 24.8 Å². The lowest BCUT2D eigenvalue weighted by Gasteiger charge is -2.27. The number of benzene rings is 1. The Bertz CT molecular complexity index is 377. The van der Waals surface area contributed by atoms with Crippen LogP contribution in [0.5, 0.6) is 0 Å². The molecule has 104 valence electrons. The van der Waals surface area contributed by atoms with Crippen LogP contribution in [0.4, 0.5) is 0 Å². The molecule has 0 spiro atoms. The molecule has 2 rings (SSSR count). The molecule has 0 radical (unpaired) electrons. The van der Waals surface area contributed by atoms with Crippen LogP contribution in [0.25, 0.3) is 0 Å². The van der Waals surface area contributed by atoms with E-state index in [9.17, 15) is 0 Å². The van der Waals surface area contributed by atoms with E-state index < -0.39 is 7.12 Å². The first-order valence-corrected chi connectivity index (χ1v) is 6.90. The van der Waals surface area contributed by atoms with Crippen molar-refractivity contribution >= 4 is 12.6 Å². The van der Waals surface area contributed by atoms with Crippen molar-refractivity contribution < 1.29 is 14.8 Å². The lowest BCUT2D eigenvalue weighted by Crippen LogP contribution is -2.33. The van der Waals surface area contributed by atoms with E-state index in [1.54, 1.807) is 12.1 Å². The highest BCUT2D eigenvalue weighted by Crippen LogP contribution is 2.14. The zero-order valence-electron chi connectivity index (χ0n) is 11.5. The van der Waals surface area contributed by atoms with Crippen molar-refractivity contribution in [2.75, 3.05) is 20.2 Å². The predicted octanol–water partition coefficient (Wildman–Crippen LogP) is 0.367. The van der Waals surface area contributed by atoms with Crippen LogP contribution in [0.15, 0.2) is 24.3 Å². The Kier molecular flexibility index (Phi) is 5.40. The summed E-state index contributed by atoms with van der Waals surface area (Å²) in [5.74, 6) is 0. The van der Waals surface area contributed by atoms with Gasteiger partial charge in [-0.3, -0.25) is 4.90 Å². The summed E-state index contributed by atoms with van der Waals surface area (Å²) in [6, 6.07) is 7.38. The molecule has 19 heavy (non-hydrogen) atoms. The molecule has 1 aromatic rings. The van der Waals surface area contributed by atoms with Gasteiger partial charge in [-0.1, -0.05) is 24.3 Å². The average Bonchev–Trinajstić information content (AvgIpc) is 2.40. The van der Waals surface area contributed by atoms with Crippen LogP contribution in [0.3, 0.4) is 0 Å². The molecule has 0 amide bonds. The summed E-state index contributed by atoms with van der Waals surface area (Å²) in [7, 11) is 0.703. The summed E-state index contributed by atoms with van der Waals surface area (Å²) >= 11 is 0. The number of rotatable bonds is 5. The molecule has 1 aliphatic rings. The van der Waals surface area contributed by atoms with Crippen LogP contribution >= 0.6 is 0 Å². The van der Waals surface area contributed by atoms with Gasteiger partial charge in [0.25, 0.3) is 0 Å². The van der Waals surface area contributed by atoms with Crippen molar-refractivity contribution in [3.8, 4) is 0 Å². The molecular weight excluding hydrogens is 241 g/mol.